The Morgan fingerprint density at radius 3 is 2.95 bits per heavy atom. The van der Waals surface area contributed by atoms with Crippen molar-refractivity contribution >= 4 is 16.8 Å². The van der Waals surface area contributed by atoms with Crippen LogP contribution >= 0.6 is 0 Å². The number of ether oxygens (including phenoxy) is 1. The first-order valence-corrected chi connectivity index (χ1v) is 5.57. The van der Waals surface area contributed by atoms with Crippen LogP contribution in [-0.2, 0) is 0 Å². The van der Waals surface area contributed by atoms with Gasteiger partial charge in [0.1, 0.15) is 11.4 Å². The minimum atomic E-state index is -2.92. The van der Waals surface area contributed by atoms with Crippen LogP contribution in [0, 0.1) is 0 Å². The number of fused-ring (bicyclic) bond motifs is 1. The number of rotatable bonds is 5. The van der Waals surface area contributed by atoms with Crippen LogP contribution in [0.3, 0.4) is 0 Å². The molecule has 7 heteroatoms. The van der Waals surface area contributed by atoms with Gasteiger partial charge in [-0.3, -0.25) is 4.79 Å². The lowest BCUT2D eigenvalue weighted by atomic mass is 10.2. The molecule has 0 bridgehead atoms. The summed E-state index contributed by atoms with van der Waals surface area (Å²) < 4.78 is 28.9. The van der Waals surface area contributed by atoms with E-state index < -0.39 is 12.5 Å². The van der Waals surface area contributed by atoms with Crippen LogP contribution < -0.4 is 10.1 Å². The van der Waals surface area contributed by atoms with Crippen molar-refractivity contribution in [2.24, 2.45) is 0 Å². The van der Waals surface area contributed by atoms with Crippen molar-refractivity contribution in [2.45, 2.75) is 6.61 Å². The van der Waals surface area contributed by atoms with Gasteiger partial charge in [0.05, 0.1) is 6.61 Å². The van der Waals surface area contributed by atoms with E-state index in [0.29, 0.717) is 10.9 Å². The number of amides is 1. The second kappa shape index (κ2) is 5.66. The normalized spacial score (nSPS) is 10.9. The first-order chi connectivity index (χ1) is 9.11. The standard InChI is InChI=1S/C12H12F2N2O3/c13-12(14)19-10-3-1-2-8-7(10)6-9(16-8)11(18)15-4-5-17/h1-3,6,12,16-17H,4-5H2,(H,15,18). The second-order valence-corrected chi connectivity index (χ2v) is 3.76. The molecular weight excluding hydrogens is 258 g/mol. The molecule has 0 saturated carbocycles. The molecule has 0 aliphatic carbocycles. The molecule has 1 amide bonds. The predicted molar refractivity (Wildman–Crippen MR) is 64.3 cm³/mol. The van der Waals surface area contributed by atoms with Crippen LogP contribution in [-0.4, -0.2) is 35.8 Å². The smallest absolute Gasteiger partial charge is 0.387 e. The van der Waals surface area contributed by atoms with Crippen molar-refractivity contribution in [1.29, 1.82) is 0 Å². The lowest BCUT2D eigenvalue weighted by Crippen LogP contribution is -2.26. The number of hydrogen-bond donors (Lipinski definition) is 3. The van der Waals surface area contributed by atoms with Crippen molar-refractivity contribution in [3.05, 3.63) is 30.0 Å². The number of aliphatic hydroxyl groups excluding tert-OH is 1. The first kappa shape index (κ1) is 13.3. The third-order valence-corrected chi connectivity index (χ3v) is 2.48. The fourth-order valence-electron chi connectivity index (χ4n) is 1.71. The van der Waals surface area contributed by atoms with E-state index in [4.69, 9.17) is 5.11 Å². The van der Waals surface area contributed by atoms with Gasteiger partial charge in [0.2, 0.25) is 0 Å². The third kappa shape index (κ3) is 3.00. The molecule has 19 heavy (non-hydrogen) atoms. The number of aromatic nitrogens is 1. The third-order valence-electron chi connectivity index (χ3n) is 2.48. The number of carbonyl (C=O) groups excluding carboxylic acids is 1. The van der Waals surface area contributed by atoms with Crippen molar-refractivity contribution in [3.8, 4) is 5.75 Å². The Labute approximate surface area is 107 Å². The molecular formula is C12H12F2N2O3. The summed E-state index contributed by atoms with van der Waals surface area (Å²) in [6.45, 7) is -2.98. The van der Waals surface area contributed by atoms with Gasteiger partial charge in [-0.2, -0.15) is 8.78 Å². The SMILES string of the molecule is O=C(NCCO)c1cc2c(OC(F)F)cccc2[nH]1. The molecule has 5 nitrogen and oxygen atoms in total. The number of nitrogens with one attached hydrogen (secondary N) is 2. The van der Waals surface area contributed by atoms with E-state index >= 15 is 0 Å². The van der Waals surface area contributed by atoms with Gasteiger partial charge in [-0.05, 0) is 18.2 Å². The molecule has 2 aromatic rings. The fourth-order valence-corrected chi connectivity index (χ4v) is 1.71. The Kier molecular flexibility index (Phi) is 3.96. The number of benzene rings is 1. The molecule has 0 fully saturated rings. The summed E-state index contributed by atoms with van der Waals surface area (Å²) in [5, 5.41) is 11.5. The Bertz CT molecular complexity index is 583. The maximum atomic E-state index is 12.2. The van der Waals surface area contributed by atoms with E-state index in [-0.39, 0.29) is 24.6 Å². The van der Waals surface area contributed by atoms with Crippen LogP contribution in [0.4, 0.5) is 8.78 Å². The Morgan fingerprint density at radius 2 is 2.26 bits per heavy atom. The summed E-state index contributed by atoms with van der Waals surface area (Å²) in [5.74, 6) is -0.418. The molecule has 3 N–H and O–H groups in total. The highest BCUT2D eigenvalue weighted by molar-refractivity contribution is 5.99. The van der Waals surface area contributed by atoms with Gasteiger partial charge < -0.3 is 20.1 Å². The Balaban J connectivity index is 2.31. The largest absolute Gasteiger partial charge is 0.434 e. The summed E-state index contributed by atoms with van der Waals surface area (Å²) in [6.07, 6.45) is 0. The molecule has 2 rings (SSSR count). The average molecular weight is 270 g/mol. The summed E-state index contributed by atoms with van der Waals surface area (Å²) >= 11 is 0. The molecule has 1 heterocycles. The number of alkyl halides is 2. The van der Waals surface area contributed by atoms with Gasteiger partial charge in [0.15, 0.2) is 0 Å². The van der Waals surface area contributed by atoms with E-state index in [9.17, 15) is 13.6 Å². The highest BCUT2D eigenvalue weighted by Gasteiger charge is 2.13. The molecule has 0 saturated heterocycles. The number of H-pyrrole nitrogens is 1. The predicted octanol–water partition coefficient (Wildman–Crippen LogP) is 1.49. The fraction of sp³-hybridized carbons (Fsp3) is 0.250. The number of halogens is 2. The number of carbonyl (C=O) groups is 1. The molecule has 0 unspecified atom stereocenters. The molecule has 102 valence electrons. The zero-order valence-corrected chi connectivity index (χ0v) is 9.82. The molecule has 0 spiro atoms. The second-order valence-electron chi connectivity index (χ2n) is 3.76. The average Bonchev–Trinajstić information content (AvgIpc) is 2.80. The molecule has 1 aromatic carbocycles. The van der Waals surface area contributed by atoms with Gasteiger partial charge in [-0.25, -0.2) is 0 Å². The minimum Gasteiger partial charge on any atom is -0.434 e. The number of hydrogen-bond acceptors (Lipinski definition) is 3. The number of aliphatic hydroxyl groups is 1. The van der Waals surface area contributed by atoms with E-state index in [1.54, 1.807) is 12.1 Å². The van der Waals surface area contributed by atoms with Crippen molar-refractivity contribution < 1.29 is 23.4 Å². The van der Waals surface area contributed by atoms with Crippen LogP contribution in [0.2, 0.25) is 0 Å². The summed E-state index contributed by atoms with van der Waals surface area (Å²) in [6, 6.07) is 6.03. The number of aromatic amines is 1. The van der Waals surface area contributed by atoms with Crippen molar-refractivity contribution in [3.63, 3.8) is 0 Å². The van der Waals surface area contributed by atoms with Gasteiger partial charge in [-0.1, -0.05) is 6.07 Å². The molecule has 0 aliphatic rings. The molecule has 0 radical (unpaired) electrons. The zero-order valence-electron chi connectivity index (χ0n) is 9.82. The maximum absolute atomic E-state index is 12.2. The van der Waals surface area contributed by atoms with Crippen LogP contribution in [0.15, 0.2) is 24.3 Å². The zero-order chi connectivity index (χ0) is 13.8. The van der Waals surface area contributed by atoms with Gasteiger partial charge >= 0.3 is 6.61 Å². The molecule has 1 aromatic heterocycles. The summed E-state index contributed by atoms with van der Waals surface area (Å²) in [4.78, 5) is 14.5. The Hall–Kier alpha value is -2.15. The van der Waals surface area contributed by atoms with E-state index in [1.165, 1.54) is 12.1 Å². The van der Waals surface area contributed by atoms with Crippen LogP contribution in [0.1, 0.15) is 10.5 Å². The maximum Gasteiger partial charge on any atom is 0.387 e. The topological polar surface area (TPSA) is 74.3 Å². The van der Waals surface area contributed by atoms with Crippen molar-refractivity contribution in [1.82, 2.24) is 10.3 Å². The highest BCUT2D eigenvalue weighted by Crippen LogP contribution is 2.27. The van der Waals surface area contributed by atoms with E-state index in [0.717, 1.165) is 0 Å². The van der Waals surface area contributed by atoms with Gasteiger partial charge in [-0.15, -0.1) is 0 Å². The van der Waals surface area contributed by atoms with E-state index in [2.05, 4.69) is 15.0 Å². The summed E-state index contributed by atoms with van der Waals surface area (Å²) in [5.41, 5.74) is 0.737. The minimum absolute atomic E-state index is 0.00459. The van der Waals surface area contributed by atoms with E-state index in [1.807, 2.05) is 0 Å². The first-order valence-electron chi connectivity index (χ1n) is 5.57. The quantitative estimate of drug-likeness (QED) is 0.770. The van der Waals surface area contributed by atoms with Crippen LogP contribution in [0.25, 0.3) is 10.9 Å². The monoisotopic (exact) mass is 270 g/mol. The molecule has 0 atom stereocenters. The molecule has 0 aliphatic heterocycles. The Morgan fingerprint density at radius 1 is 1.47 bits per heavy atom. The highest BCUT2D eigenvalue weighted by atomic mass is 19.3. The summed E-state index contributed by atoms with van der Waals surface area (Å²) in [7, 11) is 0. The lowest BCUT2D eigenvalue weighted by Gasteiger charge is -2.04. The lowest BCUT2D eigenvalue weighted by molar-refractivity contribution is -0.0487. The van der Waals surface area contributed by atoms with Gasteiger partial charge in [0.25, 0.3) is 5.91 Å². The van der Waals surface area contributed by atoms with Gasteiger partial charge in [0, 0.05) is 17.4 Å². The van der Waals surface area contributed by atoms with Crippen LogP contribution in [0.5, 0.6) is 5.75 Å². The van der Waals surface area contributed by atoms with Crippen molar-refractivity contribution in [2.75, 3.05) is 13.2 Å².